The monoisotopic (exact) mass is 515 g/mol. The van der Waals surface area contributed by atoms with Gasteiger partial charge in [0.1, 0.15) is 0 Å². The number of nitrogens with zero attached hydrogens (tertiary/aromatic N) is 6. The largest absolute Gasteiger partial charge is 0.357 e. The molecular formula is C21H38IN7. The van der Waals surface area contributed by atoms with Crippen LogP contribution < -0.4 is 10.2 Å². The van der Waals surface area contributed by atoms with Crippen molar-refractivity contribution in [1.29, 1.82) is 0 Å². The maximum absolute atomic E-state index is 4.93. The smallest absolute Gasteiger partial charge is 0.225 e. The highest BCUT2D eigenvalue weighted by molar-refractivity contribution is 14.0. The summed E-state index contributed by atoms with van der Waals surface area (Å²) in [5.74, 6) is 3.55. The number of likely N-dealkylation sites (tertiary alicyclic amines) is 1. The molecule has 0 radical (unpaired) electrons. The molecule has 3 heterocycles. The van der Waals surface area contributed by atoms with Gasteiger partial charge in [-0.05, 0) is 37.7 Å². The third kappa shape index (κ3) is 7.55. The number of hydrogen-bond acceptors (Lipinski definition) is 5. The molecule has 0 bridgehead atoms. The van der Waals surface area contributed by atoms with Crippen LogP contribution in [0.4, 0.5) is 5.95 Å². The first-order chi connectivity index (χ1) is 13.7. The van der Waals surface area contributed by atoms with Gasteiger partial charge < -0.3 is 15.1 Å². The molecule has 2 aliphatic rings. The van der Waals surface area contributed by atoms with Crippen LogP contribution in [0.1, 0.15) is 33.6 Å². The number of anilines is 1. The molecule has 2 aliphatic heterocycles. The van der Waals surface area contributed by atoms with Crippen molar-refractivity contribution in [3.63, 3.8) is 0 Å². The molecule has 2 saturated heterocycles. The second-order valence-electron chi connectivity index (χ2n) is 8.34. The summed E-state index contributed by atoms with van der Waals surface area (Å²) in [6.45, 7) is 16.0. The molecule has 0 aliphatic carbocycles. The van der Waals surface area contributed by atoms with Crippen molar-refractivity contribution in [2.45, 2.75) is 33.6 Å². The van der Waals surface area contributed by atoms with E-state index in [2.05, 4.69) is 50.8 Å². The van der Waals surface area contributed by atoms with Crippen LogP contribution in [-0.4, -0.2) is 84.6 Å². The summed E-state index contributed by atoms with van der Waals surface area (Å²) in [7, 11) is 0. The Morgan fingerprint density at radius 2 is 1.90 bits per heavy atom. The number of halogens is 1. The highest BCUT2D eigenvalue weighted by atomic mass is 127. The Hall–Kier alpha value is -1.16. The molecule has 2 fully saturated rings. The predicted octanol–water partition coefficient (Wildman–Crippen LogP) is 2.55. The first kappa shape index (κ1) is 24.1. The van der Waals surface area contributed by atoms with Crippen LogP contribution in [0.5, 0.6) is 0 Å². The molecule has 1 unspecified atom stereocenters. The number of rotatable bonds is 7. The maximum Gasteiger partial charge on any atom is 0.225 e. The minimum Gasteiger partial charge on any atom is -0.357 e. The standard InChI is InChI=1S/C21H37N7.HI/c1-4-22-20(28-10-6-19(17-28)16-18(2)3)25-9-11-26-12-14-27(15-13-26)21-23-7-5-8-24-21;/h5,7-8,18-19H,4,6,9-17H2,1-3H3,(H,22,25);1H. The molecule has 0 amide bonds. The van der Waals surface area contributed by atoms with E-state index in [-0.39, 0.29) is 24.0 Å². The van der Waals surface area contributed by atoms with Crippen molar-refractivity contribution in [3.8, 4) is 0 Å². The van der Waals surface area contributed by atoms with Crippen LogP contribution in [0.2, 0.25) is 0 Å². The van der Waals surface area contributed by atoms with E-state index in [1.807, 2.05) is 18.5 Å². The first-order valence-electron chi connectivity index (χ1n) is 10.9. The zero-order valence-corrected chi connectivity index (χ0v) is 20.6. The Balaban J connectivity index is 0.00000300. The summed E-state index contributed by atoms with van der Waals surface area (Å²) in [6, 6.07) is 1.87. The lowest BCUT2D eigenvalue weighted by Gasteiger charge is -2.34. The third-order valence-electron chi connectivity index (χ3n) is 5.61. The second kappa shape index (κ2) is 12.5. The number of hydrogen-bond donors (Lipinski definition) is 1. The van der Waals surface area contributed by atoms with Gasteiger partial charge in [-0.1, -0.05) is 13.8 Å². The van der Waals surface area contributed by atoms with Crippen molar-refractivity contribution in [2.24, 2.45) is 16.8 Å². The van der Waals surface area contributed by atoms with E-state index in [4.69, 9.17) is 4.99 Å². The Bertz CT molecular complexity index is 602. The van der Waals surface area contributed by atoms with Crippen LogP contribution in [0.15, 0.2) is 23.5 Å². The minimum atomic E-state index is 0. The van der Waals surface area contributed by atoms with Crippen molar-refractivity contribution in [3.05, 3.63) is 18.5 Å². The van der Waals surface area contributed by atoms with Crippen LogP contribution >= 0.6 is 24.0 Å². The SMILES string of the molecule is CCNC(=NCCN1CCN(c2ncccn2)CC1)N1CCC(CC(C)C)C1.I. The second-order valence-corrected chi connectivity index (χ2v) is 8.34. The lowest BCUT2D eigenvalue weighted by molar-refractivity contribution is 0.263. The van der Waals surface area contributed by atoms with E-state index in [1.54, 1.807) is 0 Å². The quantitative estimate of drug-likeness (QED) is 0.342. The molecule has 0 saturated carbocycles. The zero-order chi connectivity index (χ0) is 19.8. The Morgan fingerprint density at radius 3 is 2.55 bits per heavy atom. The van der Waals surface area contributed by atoms with Gasteiger partial charge in [0.25, 0.3) is 0 Å². The summed E-state index contributed by atoms with van der Waals surface area (Å²) < 4.78 is 0. The van der Waals surface area contributed by atoms with Gasteiger partial charge in [0, 0.05) is 64.8 Å². The fraction of sp³-hybridized carbons (Fsp3) is 0.762. The summed E-state index contributed by atoms with van der Waals surface area (Å²) in [5, 5.41) is 3.50. The number of aromatic nitrogens is 2. The van der Waals surface area contributed by atoms with E-state index >= 15 is 0 Å². The van der Waals surface area contributed by atoms with Gasteiger partial charge in [0.15, 0.2) is 5.96 Å². The van der Waals surface area contributed by atoms with Gasteiger partial charge in [-0.3, -0.25) is 9.89 Å². The molecule has 0 aromatic carbocycles. The number of aliphatic imine (C=N–C) groups is 1. The van der Waals surface area contributed by atoms with Gasteiger partial charge in [0.05, 0.1) is 6.54 Å². The van der Waals surface area contributed by atoms with Gasteiger partial charge in [0.2, 0.25) is 5.95 Å². The maximum atomic E-state index is 4.93. The number of guanidine groups is 1. The van der Waals surface area contributed by atoms with Gasteiger partial charge in [-0.25, -0.2) is 9.97 Å². The van der Waals surface area contributed by atoms with Crippen molar-refractivity contribution in [2.75, 3.05) is 63.8 Å². The Labute approximate surface area is 193 Å². The normalized spacial score (nSPS) is 20.8. The molecule has 1 atom stereocenters. The van der Waals surface area contributed by atoms with Crippen molar-refractivity contribution >= 4 is 35.9 Å². The zero-order valence-electron chi connectivity index (χ0n) is 18.3. The van der Waals surface area contributed by atoms with Crippen molar-refractivity contribution < 1.29 is 0 Å². The average molecular weight is 515 g/mol. The summed E-state index contributed by atoms with van der Waals surface area (Å²) in [5.41, 5.74) is 0. The lowest BCUT2D eigenvalue weighted by atomic mass is 9.97. The van der Waals surface area contributed by atoms with E-state index in [9.17, 15) is 0 Å². The highest BCUT2D eigenvalue weighted by Crippen LogP contribution is 2.23. The van der Waals surface area contributed by atoms with E-state index < -0.39 is 0 Å². The molecule has 0 spiro atoms. The molecule has 8 heteroatoms. The topological polar surface area (TPSA) is 59.9 Å². The highest BCUT2D eigenvalue weighted by Gasteiger charge is 2.25. The summed E-state index contributed by atoms with van der Waals surface area (Å²) >= 11 is 0. The fourth-order valence-corrected chi connectivity index (χ4v) is 4.23. The minimum absolute atomic E-state index is 0. The number of nitrogens with one attached hydrogen (secondary N) is 1. The van der Waals surface area contributed by atoms with Gasteiger partial charge in [-0.2, -0.15) is 0 Å². The average Bonchev–Trinajstić information content (AvgIpc) is 3.16. The molecular weight excluding hydrogens is 477 g/mol. The van der Waals surface area contributed by atoms with E-state index in [0.29, 0.717) is 0 Å². The van der Waals surface area contributed by atoms with E-state index in [0.717, 1.165) is 82.6 Å². The molecule has 7 nitrogen and oxygen atoms in total. The molecule has 1 aromatic heterocycles. The Kier molecular flexibility index (Phi) is 10.4. The number of piperazine rings is 1. The van der Waals surface area contributed by atoms with E-state index in [1.165, 1.54) is 12.8 Å². The Morgan fingerprint density at radius 1 is 1.17 bits per heavy atom. The fourth-order valence-electron chi connectivity index (χ4n) is 4.23. The lowest BCUT2D eigenvalue weighted by Crippen LogP contribution is -2.48. The molecule has 164 valence electrons. The molecule has 1 N–H and O–H groups in total. The van der Waals surface area contributed by atoms with Crippen LogP contribution in [-0.2, 0) is 0 Å². The van der Waals surface area contributed by atoms with Crippen molar-refractivity contribution in [1.82, 2.24) is 25.1 Å². The molecule has 3 rings (SSSR count). The van der Waals surface area contributed by atoms with Gasteiger partial charge in [-0.15, -0.1) is 24.0 Å². The third-order valence-corrected chi connectivity index (χ3v) is 5.61. The molecule has 1 aromatic rings. The van der Waals surface area contributed by atoms with Gasteiger partial charge >= 0.3 is 0 Å². The summed E-state index contributed by atoms with van der Waals surface area (Å²) in [4.78, 5) is 20.9. The molecule has 29 heavy (non-hydrogen) atoms. The van der Waals surface area contributed by atoms with Crippen LogP contribution in [0.25, 0.3) is 0 Å². The first-order valence-corrected chi connectivity index (χ1v) is 10.9. The summed E-state index contributed by atoms with van der Waals surface area (Å²) in [6.07, 6.45) is 6.25. The van der Waals surface area contributed by atoms with Crippen LogP contribution in [0.3, 0.4) is 0 Å². The van der Waals surface area contributed by atoms with Crippen LogP contribution in [0, 0.1) is 11.8 Å². The predicted molar refractivity (Wildman–Crippen MR) is 131 cm³/mol.